The van der Waals surface area contributed by atoms with E-state index >= 15 is 0 Å². The Kier molecular flexibility index (Phi) is 4.52. The average molecular weight is 382 g/mol. The van der Waals surface area contributed by atoms with Crippen LogP contribution in [-0.2, 0) is 10.0 Å². The van der Waals surface area contributed by atoms with Crippen LogP contribution in [0.25, 0.3) is 0 Å². The first-order valence-corrected chi connectivity index (χ1v) is 8.96. The standard InChI is InChI=1S/C13H18BrClN2O2S/c1-13(2)8-17(6-5-12(13)16)20(18,19)9-3-4-11(15)10(14)7-9/h3-4,7,12H,5-6,8,16H2,1-2H3. The van der Waals surface area contributed by atoms with Crippen molar-refractivity contribution in [1.82, 2.24) is 4.31 Å². The zero-order valence-corrected chi connectivity index (χ0v) is 14.6. The van der Waals surface area contributed by atoms with Gasteiger partial charge in [0.2, 0.25) is 10.0 Å². The van der Waals surface area contributed by atoms with Crippen molar-refractivity contribution in [1.29, 1.82) is 0 Å². The molecule has 0 aliphatic carbocycles. The largest absolute Gasteiger partial charge is 0.327 e. The van der Waals surface area contributed by atoms with Gasteiger partial charge in [0.05, 0.1) is 9.92 Å². The lowest BCUT2D eigenvalue weighted by Crippen LogP contribution is -2.53. The third-order valence-electron chi connectivity index (χ3n) is 3.81. The minimum atomic E-state index is -3.51. The topological polar surface area (TPSA) is 63.4 Å². The minimum Gasteiger partial charge on any atom is -0.327 e. The lowest BCUT2D eigenvalue weighted by Gasteiger charge is -2.41. The third-order valence-corrected chi connectivity index (χ3v) is 6.86. The lowest BCUT2D eigenvalue weighted by molar-refractivity contribution is 0.155. The summed E-state index contributed by atoms with van der Waals surface area (Å²) in [4.78, 5) is 0.250. The molecule has 0 saturated carbocycles. The summed E-state index contributed by atoms with van der Waals surface area (Å²) in [6.07, 6.45) is 0.668. The van der Waals surface area contributed by atoms with Gasteiger partial charge in [-0.3, -0.25) is 0 Å². The summed E-state index contributed by atoms with van der Waals surface area (Å²) in [6.45, 7) is 4.87. The number of hydrogen-bond donors (Lipinski definition) is 1. The first-order valence-electron chi connectivity index (χ1n) is 6.35. The molecular weight excluding hydrogens is 364 g/mol. The van der Waals surface area contributed by atoms with E-state index in [4.69, 9.17) is 17.3 Å². The normalized spacial score (nSPS) is 23.8. The second kappa shape index (κ2) is 5.57. The van der Waals surface area contributed by atoms with Crippen molar-refractivity contribution < 1.29 is 8.42 Å². The molecule has 1 fully saturated rings. The predicted octanol–water partition coefficient (Wildman–Crippen LogP) is 2.85. The van der Waals surface area contributed by atoms with E-state index in [0.717, 1.165) is 0 Å². The number of nitrogens with zero attached hydrogens (tertiary/aromatic N) is 1. The van der Waals surface area contributed by atoms with E-state index in [9.17, 15) is 8.42 Å². The van der Waals surface area contributed by atoms with Crippen molar-refractivity contribution in [2.24, 2.45) is 11.1 Å². The number of benzene rings is 1. The third kappa shape index (κ3) is 3.04. The molecule has 0 radical (unpaired) electrons. The van der Waals surface area contributed by atoms with Crippen molar-refractivity contribution in [2.75, 3.05) is 13.1 Å². The molecule has 112 valence electrons. The highest BCUT2D eigenvalue weighted by atomic mass is 79.9. The van der Waals surface area contributed by atoms with E-state index < -0.39 is 10.0 Å². The number of halogens is 2. The van der Waals surface area contributed by atoms with Crippen LogP contribution in [-0.4, -0.2) is 31.9 Å². The molecule has 2 rings (SSSR count). The maximum absolute atomic E-state index is 12.7. The van der Waals surface area contributed by atoms with Gasteiger partial charge in [0.15, 0.2) is 0 Å². The van der Waals surface area contributed by atoms with Crippen LogP contribution in [0.1, 0.15) is 20.3 Å². The molecule has 1 heterocycles. The number of rotatable bonds is 2. The molecule has 7 heteroatoms. The summed E-state index contributed by atoms with van der Waals surface area (Å²) < 4.78 is 27.4. The Bertz CT molecular complexity index is 619. The molecule has 1 atom stereocenters. The van der Waals surface area contributed by atoms with Crippen LogP contribution in [0.3, 0.4) is 0 Å². The van der Waals surface area contributed by atoms with Gasteiger partial charge in [0, 0.05) is 23.6 Å². The fourth-order valence-electron chi connectivity index (χ4n) is 2.32. The van der Waals surface area contributed by atoms with Gasteiger partial charge in [0.25, 0.3) is 0 Å². The molecule has 0 spiro atoms. The summed E-state index contributed by atoms with van der Waals surface area (Å²) in [5, 5.41) is 0.491. The fraction of sp³-hybridized carbons (Fsp3) is 0.538. The van der Waals surface area contributed by atoms with E-state index in [1.165, 1.54) is 10.4 Å². The molecule has 0 amide bonds. The summed E-state index contributed by atoms with van der Waals surface area (Å²) in [5.74, 6) is 0. The Labute approximate surface area is 133 Å². The molecule has 2 N–H and O–H groups in total. The summed E-state index contributed by atoms with van der Waals surface area (Å²) in [7, 11) is -3.51. The molecule has 0 aromatic heterocycles. The summed E-state index contributed by atoms with van der Waals surface area (Å²) >= 11 is 9.17. The van der Waals surface area contributed by atoms with E-state index in [1.54, 1.807) is 12.1 Å². The van der Waals surface area contributed by atoms with Gasteiger partial charge in [-0.15, -0.1) is 0 Å². The zero-order valence-electron chi connectivity index (χ0n) is 11.4. The first kappa shape index (κ1) is 16.2. The highest BCUT2D eigenvalue weighted by molar-refractivity contribution is 9.10. The van der Waals surface area contributed by atoms with Gasteiger partial charge in [-0.2, -0.15) is 4.31 Å². The van der Waals surface area contributed by atoms with Gasteiger partial charge in [-0.1, -0.05) is 25.4 Å². The number of piperidine rings is 1. The van der Waals surface area contributed by atoms with Crippen LogP contribution in [0.4, 0.5) is 0 Å². The molecule has 1 aliphatic rings. The zero-order chi connectivity index (χ0) is 15.1. The maximum atomic E-state index is 12.7. The van der Waals surface area contributed by atoms with Gasteiger partial charge < -0.3 is 5.73 Å². The van der Waals surface area contributed by atoms with Crippen molar-refractivity contribution >= 4 is 37.6 Å². The molecule has 1 saturated heterocycles. The van der Waals surface area contributed by atoms with Crippen molar-refractivity contribution in [3.63, 3.8) is 0 Å². The van der Waals surface area contributed by atoms with Gasteiger partial charge in [-0.25, -0.2) is 8.42 Å². The molecule has 1 aromatic rings. The van der Waals surface area contributed by atoms with Crippen molar-refractivity contribution in [2.45, 2.75) is 31.2 Å². The smallest absolute Gasteiger partial charge is 0.243 e. The van der Waals surface area contributed by atoms with Gasteiger partial charge in [-0.05, 0) is 46.0 Å². The van der Waals surface area contributed by atoms with Crippen LogP contribution in [0.2, 0.25) is 5.02 Å². The molecule has 4 nitrogen and oxygen atoms in total. The number of hydrogen-bond acceptors (Lipinski definition) is 3. The van der Waals surface area contributed by atoms with E-state index in [0.29, 0.717) is 29.0 Å². The Hall–Kier alpha value is -0.140. The van der Waals surface area contributed by atoms with Crippen LogP contribution >= 0.6 is 27.5 Å². The van der Waals surface area contributed by atoms with Crippen LogP contribution < -0.4 is 5.73 Å². The number of sulfonamides is 1. The quantitative estimate of drug-likeness (QED) is 0.857. The van der Waals surface area contributed by atoms with Gasteiger partial charge >= 0.3 is 0 Å². The molecule has 20 heavy (non-hydrogen) atoms. The highest BCUT2D eigenvalue weighted by Crippen LogP contribution is 2.32. The predicted molar refractivity (Wildman–Crippen MR) is 84.3 cm³/mol. The molecular formula is C13H18BrClN2O2S. The van der Waals surface area contributed by atoms with E-state index in [1.807, 2.05) is 13.8 Å². The molecule has 1 aliphatic heterocycles. The molecule has 1 aromatic carbocycles. The summed E-state index contributed by atoms with van der Waals surface area (Å²) in [6, 6.07) is 4.67. The number of nitrogens with two attached hydrogens (primary N) is 1. The second-order valence-electron chi connectivity index (χ2n) is 5.80. The molecule has 1 unspecified atom stereocenters. The Balaban J connectivity index is 2.33. The Morgan fingerprint density at radius 1 is 1.45 bits per heavy atom. The van der Waals surface area contributed by atoms with Crippen LogP contribution in [0, 0.1) is 5.41 Å². The van der Waals surface area contributed by atoms with Gasteiger partial charge in [0.1, 0.15) is 0 Å². The average Bonchev–Trinajstić information content (AvgIpc) is 2.35. The minimum absolute atomic E-state index is 0.0194. The monoisotopic (exact) mass is 380 g/mol. The Morgan fingerprint density at radius 2 is 2.10 bits per heavy atom. The molecule has 0 bridgehead atoms. The highest BCUT2D eigenvalue weighted by Gasteiger charge is 2.38. The van der Waals surface area contributed by atoms with E-state index in [-0.39, 0.29) is 16.4 Å². The van der Waals surface area contributed by atoms with Crippen molar-refractivity contribution in [3.05, 3.63) is 27.7 Å². The fourth-order valence-corrected chi connectivity index (χ4v) is 4.62. The van der Waals surface area contributed by atoms with Crippen LogP contribution in [0.5, 0.6) is 0 Å². The lowest BCUT2D eigenvalue weighted by atomic mass is 9.81. The first-order chi connectivity index (χ1) is 9.14. The van der Waals surface area contributed by atoms with Crippen LogP contribution in [0.15, 0.2) is 27.6 Å². The second-order valence-corrected chi connectivity index (χ2v) is 9.00. The van der Waals surface area contributed by atoms with Crippen molar-refractivity contribution in [3.8, 4) is 0 Å². The maximum Gasteiger partial charge on any atom is 0.243 e. The SMILES string of the molecule is CC1(C)CN(S(=O)(=O)c2ccc(Cl)c(Br)c2)CCC1N. The summed E-state index contributed by atoms with van der Waals surface area (Å²) in [5.41, 5.74) is 5.83. The Morgan fingerprint density at radius 3 is 2.65 bits per heavy atom. The van der Waals surface area contributed by atoms with E-state index in [2.05, 4.69) is 15.9 Å².